The van der Waals surface area contributed by atoms with Gasteiger partial charge in [-0.3, -0.25) is 0 Å². The van der Waals surface area contributed by atoms with Gasteiger partial charge in [-0.2, -0.15) is 0 Å². The van der Waals surface area contributed by atoms with Crippen LogP contribution in [0, 0.1) is 6.92 Å². The van der Waals surface area contributed by atoms with Gasteiger partial charge in [0.2, 0.25) is 0 Å². The van der Waals surface area contributed by atoms with Gasteiger partial charge in [0.05, 0.1) is 13.2 Å². The van der Waals surface area contributed by atoms with Crippen LogP contribution in [0.25, 0.3) is 0 Å². The van der Waals surface area contributed by atoms with Gasteiger partial charge in [0, 0.05) is 0 Å². The molecule has 0 heterocycles. The number of benzene rings is 1. The molecule has 0 amide bonds. The fourth-order valence-corrected chi connectivity index (χ4v) is 1.52. The summed E-state index contributed by atoms with van der Waals surface area (Å²) in [5.41, 5.74) is 1.19. The molecule has 0 aromatic heterocycles. The minimum atomic E-state index is 0.662. The average Bonchev–Trinajstić information content (AvgIpc) is 2.32. The lowest BCUT2D eigenvalue weighted by Crippen LogP contribution is -2.00. The Hall–Kier alpha value is -1.44. The summed E-state index contributed by atoms with van der Waals surface area (Å²) in [6.07, 6.45) is 6.32. The van der Waals surface area contributed by atoms with Gasteiger partial charge in [0.25, 0.3) is 0 Å². The van der Waals surface area contributed by atoms with Crippen molar-refractivity contribution in [2.24, 2.45) is 0 Å². The number of hydrogen-bond acceptors (Lipinski definition) is 2. The number of rotatable bonds is 7. The minimum Gasteiger partial charge on any atom is -0.490 e. The Morgan fingerprint density at radius 3 is 2.59 bits per heavy atom. The molecule has 0 aliphatic heterocycles. The van der Waals surface area contributed by atoms with Gasteiger partial charge in [0.15, 0.2) is 11.5 Å². The highest BCUT2D eigenvalue weighted by molar-refractivity contribution is 5.42. The average molecular weight is 234 g/mol. The van der Waals surface area contributed by atoms with Crippen LogP contribution in [0.5, 0.6) is 11.5 Å². The van der Waals surface area contributed by atoms with Crippen molar-refractivity contribution in [2.75, 3.05) is 13.2 Å². The summed E-state index contributed by atoms with van der Waals surface area (Å²) < 4.78 is 11.3. The van der Waals surface area contributed by atoms with Crippen LogP contribution in [-0.2, 0) is 0 Å². The fourth-order valence-electron chi connectivity index (χ4n) is 1.52. The van der Waals surface area contributed by atoms with E-state index in [2.05, 4.69) is 26.0 Å². The van der Waals surface area contributed by atoms with Crippen LogP contribution >= 0.6 is 0 Å². The largest absolute Gasteiger partial charge is 0.490 e. The lowest BCUT2D eigenvalue weighted by atomic mass is 10.2. The van der Waals surface area contributed by atoms with E-state index in [1.165, 1.54) is 5.56 Å². The van der Waals surface area contributed by atoms with Crippen molar-refractivity contribution in [1.82, 2.24) is 0 Å². The highest BCUT2D eigenvalue weighted by Crippen LogP contribution is 2.28. The van der Waals surface area contributed by atoms with Gasteiger partial charge < -0.3 is 9.47 Å². The van der Waals surface area contributed by atoms with Crippen LogP contribution in [-0.4, -0.2) is 13.2 Å². The molecule has 0 saturated heterocycles. The lowest BCUT2D eigenvalue weighted by molar-refractivity contribution is 0.280. The van der Waals surface area contributed by atoms with Crippen LogP contribution in [0.2, 0.25) is 0 Å². The Morgan fingerprint density at radius 2 is 1.88 bits per heavy atom. The van der Waals surface area contributed by atoms with Crippen LogP contribution in [0.15, 0.2) is 30.4 Å². The highest BCUT2D eigenvalue weighted by atomic mass is 16.5. The molecule has 0 unspecified atom stereocenters. The van der Waals surface area contributed by atoms with Crippen LogP contribution in [0.3, 0.4) is 0 Å². The van der Waals surface area contributed by atoms with E-state index < -0.39 is 0 Å². The van der Waals surface area contributed by atoms with E-state index in [1.54, 1.807) is 0 Å². The maximum Gasteiger partial charge on any atom is 0.161 e. The van der Waals surface area contributed by atoms with Crippen molar-refractivity contribution >= 4 is 0 Å². The molecule has 1 rings (SSSR count). The molecule has 0 radical (unpaired) electrons. The lowest BCUT2D eigenvalue weighted by Gasteiger charge is -2.11. The van der Waals surface area contributed by atoms with Crippen LogP contribution in [0.4, 0.5) is 0 Å². The Balaban J connectivity index is 2.55. The Morgan fingerprint density at radius 1 is 1.06 bits per heavy atom. The second-order valence-electron chi connectivity index (χ2n) is 3.90. The van der Waals surface area contributed by atoms with Crippen molar-refractivity contribution in [3.63, 3.8) is 0 Å². The zero-order valence-electron chi connectivity index (χ0n) is 11.0. The van der Waals surface area contributed by atoms with Gasteiger partial charge in [0.1, 0.15) is 0 Å². The molecule has 0 atom stereocenters. The van der Waals surface area contributed by atoms with E-state index in [0.717, 1.165) is 24.3 Å². The maximum atomic E-state index is 5.74. The topological polar surface area (TPSA) is 18.5 Å². The molecule has 0 N–H and O–H groups in total. The first kappa shape index (κ1) is 13.6. The van der Waals surface area contributed by atoms with E-state index in [1.807, 2.05) is 25.1 Å². The van der Waals surface area contributed by atoms with Crippen LogP contribution < -0.4 is 9.47 Å². The first-order valence-electron chi connectivity index (χ1n) is 6.29. The van der Waals surface area contributed by atoms with Crippen LogP contribution in [0.1, 0.15) is 32.3 Å². The van der Waals surface area contributed by atoms with Gasteiger partial charge in [-0.05, 0) is 44.4 Å². The SMILES string of the molecule is CC/C=C\CCOc1cc(C)ccc1OCC. The molecule has 0 bridgehead atoms. The molecular weight excluding hydrogens is 212 g/mol. The van der Waals surface area contributed by atoms with Gasteiger partial charge in [-0.1, -0.05) is 25.1 Å². The predicted octanol–water partition coefficient (Wildman–Crippen LogP) is 4.13. The summed E-state index contributed by atoms with van der Waals surface area (Å²) in [7, 11) is 0. The molecular formula is C15H22O2. The third-order valence-corrected chi connectivity index (χ3v) is 2.34. The monoisotopic (exact) mass is 234 g/mol. The van der Waals surface area contributed by atoms with Crippen molar-refractivity contribution in [1.29, 1.82) is 0 Å². The second kappa shape index (κ2) is 7.77. The van der Waals surface area contributed by atoms with E-state index in [4.69, 9.17) is 9.47 Å². The standard InChI is InChI=1S/C15H22O2/c1-4-6-7-8-11-17-15-12-13(3)9-10-14(15)16-5-2/h6-7,9-10,12H,4-5,8,11H2,1-3H3/b7-6-. The normalized spacial score (nSPS) is 10.8. The summed E-state index contributed by atoms with van der Waals surface area (Å²) in [6, 6.07) is 6.03. The summed E-state index contributed by atoms with van der Waals surface area (Å²) in [5.74, 6) is 1.68. The van der Waals surface area contributed by atoms with Gasteiger partial charge in [-0.15, -0.1) is 0 Å². The molecule has 17 heavy (non-hydrogen) atoms. The first-order chi connectivity index (χ1) is 8.27. The molecule has 1 aromatic carbocycles. The number of ether oxygens (including phenoxy) is 2. The molecule has 1 aromatic rings. The molecule has 2 nitrogen and oxygen atoms in total. The first-order valence-corrected chi connectivity index (χ1v) is 6.29. The van der Waals surface area contributed by atoms with E-state index in [0.29, 0.717) is 13.2 Å². The summed E-state index contributed by atoms with van der Waals surface area (Å²) >= 11 is 0. The highest BCUT2D eigenvalue weighted by Gasteiger charge is 2.04. The zero-order valence-corrected chi connectivity index (χ0v) is 11.0. The molecule has 94 valence electrons. The van der Waals surface area contributed by atoms with Crippen molar-refractivity contribution in [3.05, 3.63) is 35.9 Å². The van der Waals surface area contributed by atoms with E-state index in [9.17, 15) is 0 Å². The zero-order chi connectivity index (χ0) is 12.5. The van der Waals surface area contributed by atoms with Gasteiger partial charge >= 0.3 is 0 Å². The second-order valence-corrected chi connectivity index (χ2v) is 3.90. The number of hydrogen-bond donors (Lipinski definition) is 0. The third kappa shape index (κ3) is 4.94. The molecule has 0 fully saturated rings. The minimum absolute atomic E-state index is 0.662. The van der Waals surface area contributed by atoms with Crippen molar-refractivity contribution < 1.29 is 9.47 Å². The summed E-state index contributed by atoms with van der Waals surface area (Å²) in [5, 5.41) is 0. The van der Waals surface area contributed by atoms with E-state index >= 15 is 0 Å². The van der Waals surface area contributed by atoms with Gasteiger partial charge in [-0.25, -0.2) is 0 Å². The molecule has 2 heteroatoms. The fraction of sp³-hybridized carbons (Fsp3) is 0.467. The number of allylic oxidation sites excluding steroid dienone is 1. The van der Waals surface area contributed by atoms with E-state index in [-0.39, 0.29) is 0 Å². The number of aryl methyl sites for hydroxylation is 1. The van der Waals surface area contributed by atoms with Crippen molar-refractivity contribution in [3.8, 4) is 11.5 Å². The Kier molecular flexibility index (Phi) is 6.23. The third-order valence-electron chi connectivity index (χ3n) is 2.34. The maximum absolute atomic E-state index is 5.74. The Labute approximate surface area is 104 Å². The molecule has 0 spiro atoms. The van der Waals surface area contributed by atoms with Crippen molar-refractivity contribution in [2.45, 2.75) is 33.6 Å². The summed E-state index contributed by atoms with van der Waals surface area (Å²) in [4.78, 5) is 0. The molecule has 0 aliphatic carbocycles. The molecule has 0 aliphatic rings. The Bertz CT molecular complexity index is 356. The quantitative estimate of drug-likeness (QED) is 0.521. The predicted molar refractivity (Wildman–Crippen MR) is 71.9 cm³/mol. The smallest absolute Gasteiger partial charge is 0.161 e. The molecule has 0 saturated carbocycles. The summed E-state index contributed by atoms with van der Waals surface area (Å²) in [6.45, 7) is 7.52.